The molecule has 0 aliphatic heterocycles. The molecule has 0 radical (unpaired) electrons. The van der Waals surface area contributed by atoms with Crippen LogP contribution in [0.1, 0.15) is 47.1 Å². The van der Waals surface area contributed by atoms with Gasteiger partial charge in [0.2, 0.25) is 5.91 Å². The quantitative estimate of drug-likeness (QED) is 0.595. The second-order valence-corrected chi connectivity index (χ2v) is 8.88. The van der Waals surface area contributed by atoms with E-state index in [1.807, 2.05) is 17.5 Å². The van der Waals surface area contributed by atoms with Crippen molar-refractivity contribution in [3.8, 4) is 0 Å². The molecule has 0 saturated heterocycles. The van der Waals surface area contributed by atoms with Crippen LogP contribution in [0.5, 0.6) is 0 Å². The van der Waals surface area contributed by atoms with Gasteiger partial charge in [-0.3, -0.25) is 14.5 Å². The van der Waals surface area contributed by atoms with E-state index >= 15 is 0 Å². The number of hydrogen-bond acceptors (Lipinski definition) is 6. The first-order valence-corrected chi connectivity index (χ1v) is 11.4. The van der Waals surface area contributed by atoms with Crippen molar-refractivity contribution < 1.29 is 9.59 Å². The summed E-state index contributed by atoms with van der Waals surface area (Å²) in [5.41, 5.74) is 0.737. The lowest BCUT2D eigenvalue weighted by molar-refractivity contribution is -0.123. The molecule has 2 amide bonds. The summed E-state index contributed by atoms with van der Waals surface area (Å²) in [4.78, 5) is 29.1. The Hall–Kier alpha value is -2.29. The highest BCUT2D eigenvalue weighted by atomic mass is 35.5. The van der Waals surface area contributed by atoms with Crippen molar-refractivity contribution in [3.63, 3.8) is 0 Å². The van der Waals surface area contributed by atoms with Gasteiger partial charge in [-0.2, -0.15) is 0 Å². The van der Waals surface area contributed by atoms with Gasteiger partial charge in [-0.25, -0.2) is 0 Å². The molecular formula is C20H19ClN4O2S2. The van der Waals surface area contributed by atoms with E-state index in [1.54, 1.807) is 29.6 Å². The first-order valence-electron chi connectivity index (χ1n) is 9.33. The van der Waals surface area contributed by atoms with Crippen LogP contribution in [0.3, 0.4) is 0 Å². The molecule has 3 aromatic rings. The van der Waals surface area contributed by atoms with Gasteiger partial charge in [-0.1, -0.05) is 41.1 Å². The summed E-state index contributed by atoms with van der Waals surface area (Å²) >= 11 is 8.74. The third-order valence-corrected chi connectivity index (χ3v) is 6.57. The molecule has 0 bridgehead atoms. The topological polar surface area (TPSA) is 75.2 Å². The first-order chi connectivity index (χ1) is 14.1. The molecule has 1 fully saturated rings. The summed E-state index contributed by atoms with van der Waals surface area (Å²) in [5.74, 6) is -0.586. The van der Waals surface area contributed by atoms with Gasteiger partial charge in [-0.05, 0) is 54.0 Å². The number of rotatable bonds is 6. The van der Waals surface area contributed by atoms with E-state index in [9.17, 15) is 9.59 Å². The van der Waals surface area contributed by atoms with Crippen LogP contribution in [0, 0.1) is 0 Å². The average Bonchev–Trinajstić information content (AvgIpc) is 3.49. The van der Waals surface area contributed by atoms with E-state index in [0.29, 0.717) is 10.7 Å². The van der Waals surface area contributed by atoms with Crippen molar-refractivity contribution in [2.75, 3.05) is 4.90 Å². The zero-order chi connectivity index (χ0) is 20.2. The van der Waals surface area contributed by atoms with Gasteiger partial charge in [-0.15, -0.1) is 16.4 Å². The Kier molecular flexibility index (Phi) is 6.22. The van der Waals surface area contributed by atoms with Crippen molar-refractivity contribution in [2.45, 2.75) is 37.8 Å². The molecule has 2 aromatic heterocycles. The predicted molar refractivity (Wildman–Crippen MR) is 116 cm³/mol. The summed E-state index contributed by atoms with van der Waals surface area (Å²) in [6, 6.07) is 10.0. The number of carbonyl (C=O) groups excluding carboxylic acids is 2. The zero-order valence-electron chi connectivity index (χ0n) is 15.5. The lowest BCUT2D eigenvalue weighted by atomic mass is 10.1. The minimum absolute atomic E-state index is 0.141. The molecule has 9 heteroatoms. The molecule has 1 aromatic carbocycles. The zero-order valence-corrected chi connectivity index (χ0v) is 17.8. The van der Waals surface area contributed by atoms with Gasteiger partial charge in [0.1, 0.15) is 0 Å². The van der Waals surface area contributed by atoms with Crippen LogP contribution in [-0.2, 0) is 4.79 Å². The summed E-state index contributed by atoms with van der Waals surface area (Å²) in [5, 5.41) is 11.0. The summed E-state index contributed by atoms with van der Waals surface area (Å²) in [7, 11) is 0. The Balaban J connectivity index is 1.77. The fraction of sp³-hybridized carbons (Fsp3) is 0.300. The van der Waals surface area contributed by atoms with Gasteiger partial charge < -0.3 is 5.32 Å². The monoisotopic (exact) mass is 446 g/mol. The molecule has 1 aliphatic carbocycles. The number of halogens is 1. The third kappa shape index (κ3) is 4.49. The summed E-state index contributed by atoms with van der Waals surface area (Å²) in [6.45, 7) is 0. The maximum absolute atomic E-state index is 13.4. The van der Waals surface area contributed by atoms with E-state index < -0.39 is 6.04 Å². The molecule has 4 rings (SSSR count). The van der Waals surface area contributed by atoms with Crippen molar-refractivity contribution in [3.05, 3.63) is 62.8 Å². The van der Waals surface area contributed by atoms with Crippen LogP contribution in [-0.4, -0.2) is 27.4 Å². The van der Waals surface area contributed by atoms with E-state index in [0.717, 1.165) is 42.1 Å². The number of hydrogen-bond donors (Lipinski definition) is 1. The van der Waals surface area contributed by atoms with Crippen molar-refractivity contribution in [1.29, 1.82) is 0 Å². The molecule has 6 nitrogen and oxygen atoms in total. The highest BCUT2D eigenvalue weighted by molar-refractivity contribution is 7.10. The molecule has 2 heterocycles. The third-order valence-electron chi connectivity index (χ3n) is 4.91. The molecule has 29 heavy (non-hydrogen) atoms. The van der Waals surface area contributed by atoms with Crippen LogP contribution < -0.4 is 10.2 Å². The standard InChI is InChI=1S/C20H19ClN4O2S2/c21-13-5-3-8-15(11-13)25(20(27)16-12-29-24-23-16)18(17-9-4-10-28-17)19(26)22-14-6-1-2-7-14/h3-5,8-12,14,18H,1-2,6-7H2,(H,22,26)/t18-/m0/s1. The summed E-state index contributed by atoms with van der Waals surface area (Å²) < 4.78 is 3.81. The molecule has 1 aliphatic rings. The number of aromatic nitrogens is 2. The fourth-order valence-electron chi connectivity index (χ4n) is 3.56. The number of thiophene rings is 1. The Morgan fingerprint density at radius 1 is 1.21 bits per heavy atom. The normalized spacial score (nSPS) is 15.2. The number of anilines is 1. The number of amides is 2. The lowest BCUT2D eigenvalue weighted by Gasteiger charge is -2.31. The first kappa shape index (κ1) is 20.0. The summed E-state index contributed by atoms with van der Waals surface area (Å²) in [6.07, 6.45) is 4.14. The van der Waals surface area contributed by atoms with Gasteiger partial charge in [0.05, 0.1) is 0 Å². The maximum atomic E-state index is 13.4. The molecule has 0 unspecified atom stereocenters. The van der Waals surface area contributed by atoms with Gasteiger partial charge in [0.25, 0.3) is 5.91 Å². The smallest absolute Gasteiger partial charge is 0.280 e. The number of benzene rings is 1. The highest BCUT2D eigenvalue weighted by Gasteiger charge is 2.36. The fourth-order valence-corrected chi connectivity index (χ4v) is 4.99. The Bertz CT molecular complexity index is 972. The van der Waals surface area contributed by atoms with Crippen LogP contribution in [0.25, 0.3) is 0 Å². The van der Waals surface area contributed by atoms with Gasteiger partial charge >= 0.3 is 0 Å². The molecular weight excluding hydrogens is 428 g/mol. The molecule has 1 atom stereocenters. The van der Waals surface area contributed by atoms with Crippen LogP contribution in [0.15, 0.2) is 47.2 Å². The van der Waals surface area contributed by atoms with Crippen LogP contribution >= 0.6 is 34.5 Å². The Morgan fingerprint density at radius 2 is 2.03 bits per heavy atom. The van der Waals surface area contributed by atoms with E-state index in [4.69, 9.17) is 11.6 Å². The Morgan fingerprint density at radius 3 is 2.69 bits per heavy atom. The maximum Gasteiger partial charge on any atom is 0.280 e. The molecule has 150 valence electrons. The second kappa shape index (κ2) is 9.02. The van der Waals surface area contributed by atoms with Crippen LogP contribution in [0.2, 0.25) is 5.02 Å². The van der Waals surface area contributed by atoms with Crippen LogP contribution in [0.4, 0.5) is 5.69 Å². The second-order valence-electron chi connectivity index (χ2n) is 6.85. The minimum atomic E-state index is -0.816. The Labute approximate surface area is 181 Å². The largest absolute Gasteiger partial charge is 0.351 e. The minimum Gasteiger partial charge on any atom is -0.351 e. The molecule has 1 N–H and O–H groups in total. The number of nitrogens with zero attached hydrogens (tertiary/aromatic N) is 3. The van der Waals surface area contributed by atoms with Crippen molar-refractivity contribution >= 4 is 52.0 Å². The van der Waals surface area contributed by atoms with Crippen molar-refractivity contribution in [2.24, 2.45) is 0 Å². The van der Waals surface area contributed by atoms with Gasteiger partial charge in [0, 0.05) is 27.0 Å². The van der Waals surface area contributed by atoms with E-state index in [-0.39, 0.29) is 23.6 Å². The van der Waals surface area contributed by atoms with E-state index in [2.05, 4.69) is 14.9 Å². The number of carbonyl (C=O) groups is 2. The average molecular weight is 447 g/mol. The molecule has 1 saturated carbocycles. The van der Waals surface area contributed by atoms with Gasteiger partial charge in [0.15, 0.2) is 11.7 Å². The highest BCUT2D eigenvalue weighted by Crippen LogP contribution is 2.33. The predicted octanol–water partition coefficient (Wildman–Crippen LogP) is 4.70. The van der Waals surface area contributed by atoms with E-state index in [1.165, 1.54) is 16.2 Å². The lowest BCUT2D eigenvalue weighted by Crippen LogP contribution is -2.46. The number of nitrogens with one attached hydrogen (secondary N) is 1. The van der Waals surface area contributed by atoms with Crippen molar-refractivity contribution in [1.82, 2.24) is 14.9 Å². The SMILES string of the molecule is O=C(NC1CCCC1)[C@H](c1cccs1)N(C(=O)c1csnn1)c1cccc(Cl)c1. The molecule has 0 spiro atoms.